The van der Waals surface area contributed by atoms with E-state index in [1.54, 1.807) is 30.9 Å². The third-order valence-electron chi connectivity index (χ3n) is 4.04. The van der Waals surface area contributed by atoms with Crippen LogP contribution in [0.15, 0.2) is 49.1 Å². The SMILES string of the molecule is O=C1CC(c2ccc(Cl)c(Cl)c2)c2ncn(-c3cccnc3)c2N1. The molecule has 1 N–H and O–H groups in total. The lowest BCUT2D eigenvalue weighted by molar-refractivity contribution is -0.116. The van der Waals surface area contributed by atoms with E-state index >= 15 is 0 Å². The molecule has 120 valence electrons. The summed E-state index contributed by atoms with van der Waals surface area (Å²) >= 11 is 12.1. The first kappa shape index (κ1) is 15.2. The Morgan fingerprint density at radius 2 is 2.08 bits per heavy atom. The summed E-state index contributed by atoms with van der Waals surface area (Å²) in [6.07, 6.45) is 5.42. The van der Waals surface area contributed by atoms with Crippen LogP contribution in [-0.2, 0) is 4.79 Å². The number of carbonyl (C=O) groups is 1. The second kappa shape index (κ2) is 5.92. The minimum Gasteiger partial charge on any atom is -0.310 e. The van der Waals surface area contributed by atoms with Crippen molar-refractivity contribution in [2.24, 2.45) is 0 Å². The zero-order chi connectivity index (χ0) is 16.7. The van der Waals surface area contributed by atoms with E-state index in [9.17, 15) is 4.79 Å². The summed E-state index contributed by atoms with van der Waals surface area (Å²) in [6, 6.07) is 9.15. The van der Waals surface area contributed by atoms with E-state index < -0.39 is 0 Å². The van der Waals surface area contributed by atoms with Crippen molar-refractivity contribution in [3.05, 3.63) is 70.4 Å². The van der Waals surface area contributed by atoms with Crippen molar-refractivity contribution in [3.63, 3.8) is 0 Å². The number of anilines is 1. The van der Waals surface area contributed by atoms with Crippen LogP contribution in [-0.4, -0.2) is 20.4 Å². The average Bonchev–Trinajstić information content (AvgIpc) is 3.01. The number of imidazole rings is 1. The molecule has 5 nitrogen and oxygen atoms in total. The average molecular weight is 359 g/mol. The Balaban J connectivity index is 1.82. The van der Waals surface area contributed by atoms with Crippen LogP contribution in [0.3, 0.4) is 0 Å². The molecule has 0 saturated heterocycles. The molecular weight excluding hydrogens is 347 g/mol. The third-order valence-corrected chi connectivity index (χ3v) is 4.78. The lowest BCUT2D eigenvalue weighted by Crippen LogP contribution is -2.24. The Morgan fingerprint density at radius 1 is 1.21 bits per heavy atom. The van der Waals surface area contributed by atoms with E-state index in [4.69, 9.17) is 23.2 Å². The molecule has 0 spiro atoms. The van der Waals surface area contributed by atoms with Crippen LogP contribution in [0.4, 0.5) is 5.82 Å². The summed E-state index contributed by atoms with van der Waals surface area (Å²) in [5.41, 5.74) is 2.55. The molecule has 1 atom stereocenters. The molecule has 4 rings (SSSR count). The van der Waals surface area contributed by atoms with Crippen LogP contribution in [0.25, 0.3) is 5.69 Å². The Hall–Kier alpha value is -2.37. The summed E-state index contributed by atoms with van der Waals surface area (Å²) in [4.78, 5) is 20.9. The van der Waals surface area contributed by atoms with Crippen molar-refractivity contribution in [2.75, 3.05) is 5.32 Å². The molecule has 0 bridgehead atoms. The maximum Gasteiger partial charge on any atom is 0.226 e. The second-order valence-electron chi connectivity index (χ2n) is 5.54. The summed E-state index contributed by atoms with van der Waals surface area (Å²) in [6.45, 7) is 0. The van der Waals surface area contributed by atoms with Gasteiger partial charge in [-0.3, -0.25) is 14.3 Å². The fourth-order valence-electron chi connectivity index (χ4n) is 2.90. The van der Waals surface area contributed by atoms with Crippen molar-refractivity contribution < 1.29 is 4.79 Å². The molecule has 0 aliphatic carbocycles. The summed E-state index contributed by atoms with van der Waals surface area (Å²) in [5, 5.41) is 3.86. The third kappa shape index (κ3) is 2.56. The van der Waals surface area contributed by atoms with Crippen LogP contribution < -0.4 is 5.32 Å². The van der Waals surface area contributed by atoms with Crippen molar-refractivity contribution >= 4 is 34.9 Å². The maximum atomic E-state index is 12.2. The van der Waals surface area contributed by atoms with Gasteiger partial charge in [0.25, 0.3) is 0 Å². The van der Waals surface area contributed by atoms with Gasteiger partial charge in [-0.1, -0.05) is 29.3 Å². The number of fused-ring (bicyclic) bond motifs is 1. The van der Waals surface area contributed by atoms with Gasteiger partial charge in [0.1, 0.15) is 12.1 Å². The number of hydrogen-bond acceptors (Lipinski definition) is 3. The van der Waals surface area contributed by atoms with Gasteiger partial charge in [-0.05, 0) is 29.8 Å². The number of nitrogens with zero attached hydrogens (tertiary/aromatic N) is 3. The van der Waals surface area contributed by atoms with Gasteiger partial charge in [-0.25, -0.2) is 4.98 Å². The Labute approximate surface area is 148 Å². The van der Waals surface area contributed by atoms with E-state index in [2.05, 4.69) is 15.3 Å². The second-order valence-corrected chi connectivity index (χ2v) is 6.35. The number of rotatable bonds is 2. The summed E-state index contributed by atoms with van der Waals surface area (Å²) in [7, 11) is 0. The molecule has 0 fully saturated rings. The van der Waals surface area contributed by atoms with E-state index in [1.165, 1.54) is 0 Å². The molecule has 0 radical (unpaired) electrons. The Bertz CT molecular complexity index is 924. The molecule has 3 heterocycles. The van der Waals surface area contributed by atoms with Gasteiger partial charge in [0.05, 0.1) is 27.6 Å². The van der Waals surface area contributed by atoms with Crippen molar-refractivity contribution in [1.29, 1.82) is 0 Å². The van der Waals surface area contributed by atoms with Gasteiger partial charge in [0.2, 0.25) is 5.91 Å². The molecule has 1 aromatic carbocycles. The molecule has 0 saturated carbocycles. The normalized spacial score (nSPS) is 16.6. The molecular formula is C17H12Cl2N4O. The molecule has 1 unspecified atom stereocenters. The highest BCUT2D eigenvalue weighted by atomic mass is 35.5. The fraction of sp³-hybridized carbons (Fsp3) is 0.118. The highest BCUT2D eigenvalue weighted by molar-refractivity contribution is 6.42. The standard InChI is InChI=1S/C17H12Cl2N4O/c18-13-4-3-10(6-14(13)19)12-7-15(24)22-17-16(12)21-9-23(17)11-2-1-5-20-8-11/h1-6,8-9,12H,7H2,(H,22,24). The number of hydrogen-bond donors (Lipinski definition) is 1. The van der Waals surface area contributed by atoms with Gasteiger partial charge < -0.3 is 5.32 Å². The number of nitrogens with one attached hydrogen (secondary N) is 1. The van der Waals surface area contributed by atoms with Crippen LogP contribution in [0.1, 0.15) is 23.6 Å². The first-order valence-corrected chi connectivity index (χ1v) is 8.11. The van der Waals surface area contributed by atoms with Gasteiger partial charge in [-0.2, -0.15) is 0 Å². The van der Waals surface area contributed by atoms with Crippen LogP contribution in [0, 0.1) is 0 Å². The monoisotopic (exact) mass is 358 g/mol. The first-order valence-electron chi connectivity index (χ1n) is 7.36. The van der Waals surface area contributed by atoms with E-state index in [0.29, 0.717) is 22.3 Å². The van der Waals surface area contributed by atoms with E-state index in [-0.39, 0.29) is 11.8 Å². The lowest BCUT2D eigenvalue weighted by Gasteiger charge is -2.23. The largest absolute Gasteiger partial charge is 0.310 e. The number of aromatic nitrogens is 3. The molecule has 24 heavy (non-hydrogen) atoms. The quantitative estimate of drug-likeness (QED) is 0.751. The Morgan fingerprint density at radius 3 is 2.83 bits per heavy atom. The zero-order valence-corrected chi connectivity index (χ0v) is 13.9. The van der Waals surface area contributed by atoms with Gasteiger partial charge in [0, 0.05) is 18.5 Å². The summed E-state index contributed by atoms with van der Waals surface area (Å²) in [5.74, 6) is 0.431. The van der Waals surface area contributed by atoms with E-state index in [1.807, 2.05) is 22.8 Å². The molecule has 7 heteroatoms. The minimum absolute atomic E-state index is 0.0655. The van der Waals surface area contributed by atoms with Gasteiger partial charge in [0.15, 0.2) is 0 Å². The van der Waals surface area contributed by atoms with Crippen LogP contribution in [0.2, 0.25) is 10.0 Å². The topological polar surface area (TPSA) is 59.8 Å². The number of benzene rings is 1. The molecule has 1 aliphatic rings. The van der Waals surface area contributed by atoms with Gasteiger partial charge >= 0.3 is 0 Å². The molecule has 2 aromatic heterocycles. The minimum atomic E-state index is -0.165. The van der Waals surface area contributed by atoms with Crippen LogP contribution >= 0.6 is 23.2 Å². The predicted octanol–water partition coefficient (Wildman–Crippen LogP) is 4.05. The van der Waals surface area contributed by atoms with Crippen molar-refractivity contribution in [3.8, 4) is 5.69 Å². The molecule has 3 aromatic rings. The lowest BCUT2D eigenvalue weighted by atomic mass is 9.90. The van der Waals surface area contributed by atoms with E-state index in [0.717, 1.165) is 16.9 Å². The number of halogens is 2. The first-order chi connectivity index (χ1) is 11.6. The maximum absolute atomic E-state index is 12.2. The predicted molar refractivity (Wildman–Crippen MR) is 92.9 cm³/mol. The summed E-state index contributed by atoms with van der Waals surface area (Å²) < 4.78 is 1.82. The number of carbonyl (C=O) groups excluding carboxylic acids is 1. The number of amides is 1. The molecule has 1 aliphatic heterocycles. The van der Waals surface area contributed by atoms with Gasteiger partial charge in [-0.15, -0.1) is 0 Å². The Kier molecular flexibility index (Phi) is 3.75. The van der Waals surface area contributed by atoms with Crippen molar-refractivity contribution in [1.82, 2.24) is 14.5 Å². The van der Waals surface area contributed by atoms with Crippen molar-refractivity contribution in [2.45, 2.75) is 12.3 Å². The number of pyridine rings is 1. The fourth-order valence-corrected chi connectivity index (χ4v) is 3.21. The zero-order valence-electron chi connectivity index (χ0n) is 12.4. The highest BCUT2D eigenvalue weighted by Gasteiger charge is 2.31. The molecule has 1 amide bonds. The highest BCUT2D eigenvalue weighted by Crippen LogP contribution is 2.38. The van der Waals surface area contributed by atoms with Crippen LogP contribution in [0.5, 0.6) is 0 Å². The smallest absolute Gasteiger partial charge is 0.226 e.